The summed E-state index contributed by atoms with van der Waals surface area (Å²) in [4.78, 5) is 35.4. The summed E-state index contributed by atoms with van der Waals surface area (Å²) in [6, 6.07) is 15.5. The van der Waals surface area contributed by atoms with Gasteiger partial charge < -0.3 is 9.47 Å². The van der Waals surface area contributed by atoms with Gasteiger partial charge in [0.15, 0.2) is 6.10 Å². The molecular formula is C19H16N2O5. The highest BCUT2D eigenvalue weighted by Crippen LogP contribution is 2.27. The first-order valence-electron chi connectivity index (χ1n) is 7.66. The van der Waals surface area contributed by atoms with Gasteiger partial charge in [0.1, 0.15) is 0 Å². The molecule has 0 saturated carbocycles. The van der Waals surface area contributed by atoms with Crippen molar-refractivity contribution in [2.75, 3.05) is 7.11 Å². The topological polar surface area (TPSA) is 105 Å². The third-order valence-electron chi connectivity index (χ3n) is 3.55. The third-order valence-corrected chi connectivity index (χ3v) is 3.55. The molecule has 7 heteroatoms. The average molecular weight is 352 g/mol. The Bertz CT molecular complexity index is 885. The summed E-state index contributed by atoms with van der Waals surface area (Å²) in [5, 5.41) is 11.2. The van der Waals surface area contributed by atoms with Crippen molar-refractivity contribution in [2.24, 2.45) is 0 Å². The first kappa shape index (κ1) is 18.7. The van der Waals surface area contributed by atoms with Gasteiger partial charge in [0.2, 0.25) is 0 Å². The van der Waals surface area contributed by atoms with E-state index in [0.717, 1.165) is 7.11 Å². The fourth-order valence-corrected chi connectivity index (χ4v) is 2.24. The predicted octanol–water partition coefficient (Wildman–Crippen LogP) is 2.65. The van der Waals surface area contributed by atoms with E-state index in [1.54, 1.807) is 42.5 Å². The number of nitriles is 1. The second kappa shape index (κ2) is 8.44. The molecule has 26 heavy (non-hydrogen) atoms. The Hall–Kier alpha value is -3.66. The molecule has 0 aliphatic carbocycles. The number of carbonyl (C=O) groups excluding carboxylic acids is 3. The monoisotopic (exact) mass is 352 g/mol. The molecule has 0 aliphatic heterocycles. The summed E-state index contributed by atoms with van der Waals surface area (Å²) in [7, 11) is 1.11. The lowest BCUT2D eigenvalue weighted by molar-refractivity contribution is -0.128. The summed E-state index contributed by atoms with van der Waals surface area (Å²) in [6.45, 7) is 1.34. The Morgan fingerprint density at radius 3 is 2.31 bits per heavy atom. The Labute approximate surface area is 150 Å². The van der Waals surface area contributed by atoms with E-state index in [-0.39, 0.29) is 5.56 Å². The minimum atomic E-state index is -1.21. The van der Waals surface area contributed by atoms with Crippen LogP contribution in [-0.2, 0) is 14.3 Å². The second-order valence-electron chi connectivity index (χ2n) is 5.23. The Morgan fingerprint density at radius 2 is 1.65 bits per heavy atom. The number of methoxy groups -OCH3 is 1. The van der Waals surface area contributed by atoms with Crippen LogP contribution in [0.5, 0.6) is 0 Å². The second-order valence-corrected chi connectivity index (χ2v) is 5.23. The molecule has 2 aromatic carbocycles. The van der Waals surface area contributed by atoms with Crippen molar-refractivity contribution in [3.05, 3.63) is 59.7 Å². The molecule has 0 aliphatic rings. The van der Waals surface area contributed by atoms with Crippen LogP contribution in [0.3, 0.4) is 0 Å². The van der Waals surface area contributed by atoms with E-state index in [9.17, 15) is 19.6 Å². The SMILES string of the molecule is COC(=O)NC(=O)[C@@H](C)OC(=O)c1ccccc1-c1ccccc1C#N. The molecule has 132 valence electrons. The van der Waals surface area contributed by atoms with Crippen LogP contribution in [0.15, 0.2) is 48.5 Å². The van der Waals surface area contributed by atoms with Crippen molar-refractivity contribution in [2.45, 2.75) is 13.0 Å². The molecule has 1 N–H and O–H groups in total. The first-order chi connectivity index (χ1) is 12.5. The van der Waals surface area contributed by atoms with Crippen molar-refractivity contribution >= 4 is 18.0 Å². The van der Waals surface area contributed by atoms with E-state index in [1.807, 2.05) is 5.32 Å². The molecule has 0 saturated heterocycles. The third kappa shape index (κ3) is 4.24. The van der Waals surface area contributed by atoms with Gasteiger partial charge in [0.05, 0.1) is 24.3 Å². The van der Waals surface area contributed by atoms with Crippen molar-refractivity contribution in [3.8, 4) is 17.2 Å². The number of esters is 1. The van der Waals surface area contributed by atoms with Crippen LogP contribution in [0.1, 0.15) is 22.8 Å². The number of hydrogen-bond acceptors (Lipinski definition) is 6. The molecule has 0 fully saturated rings. The highest BCUT2D eigenvalue weighted by atomic mass is 16.6. The standard InChI is InChI=1S/C19H16N2O5/c1-12(17(22)21-19(24)25-2)26-18(23)16-10-6-5-9-15(16)14-8-4-3-7-13(14)11-20/h3-10,12H,1-2H3,(H,21,22,24)/t12-/m1/s1. The van der Waals surface area contributed by atoms with Crippen LogP contribution in [-0.4, -0.2) is 31.2 Å². The van der Waals surface area contributed by atoms with E-state index in [2.05, 4.69) is 10.8 Å². The maximum absolute atomic E-state index is 12.5. The minimum Gasteiger partial charge on any atom is -0.453 e. The van der Waals surface area contributed by atoms with Gasteiger partial charge in [0.25, 0.3) is 5.91 Å². The van der Waals surface area contributed by atoms with Crippen LogP contribution in [0.25, 0.3) is 11.1 Å². The van der Waals surface area contributed by atoms with E-state index in [0.29, 0.717) is 16.7 Å². The number of rotatable bonds is 4. The van der Waals surface area contributed by atoms with Crippen molar-refractivity contribution in [1.29, 1.82) is 5.26 Å². The van der Waals surface area contributed by atoms with Crippen LogP contribution >= 0.6 is 0 Å². The summed E-state index contributed by atoms with van der Waals surface area (Å²) < 4.78 is 9.46. The van der Waals surface area contributed by atoms with Gasteiger partial charge in [-0.15, -0.1) is 0 Å². The first-order valence-corrected chi connectivity index (χ1v) is 7.66. The molecule has 1 atom stereocenters. The molecule has 2 amide bonds. The summed E-state index contributed by atoms with van der Waals surface area (Å²) in [5.41, 5.74) is 1.70. The molecule has 2 rings (SSSR count). The molecule has 2 aromatic rings. The molecule has 7 nitrogen and oxygen atoms in total. The lowest BCUT2D eigenvalue weighted by Crippen LogP contribution is -2.39. The summed E-state index contributed by atoms with van der Waals surface area (Å²) in [5.74, 6) is -1.55. The van der Waals surface area contributed by atoms with Crippen molar-refractivity contribution in [1.82, 2.24) is 5.32 Å². The zero-order chi connectivity index (χ0) is 19.1. The van der Waals surface area contributed by atoms with E-state index < -0.39 is 24.1 Å². The number of benzene rings is 2. The maximum Gasteiger partial charge on any atom is 0.413 e. The van der Waals surface area contributed by atoms with E-state index in [1.165, 1.54) is 13.0 Å². The van der Waals surface area contributed by atoms with Crippen LogP contribution in [0.2, 0.25) is 0 Å². The van der Waals surface area contributed by atoms with Gasteiger partial charge in [-0.2, -0.15) is 5.26 Å². The van der Waals surface area contributed by atoms with Crippen LogP contribution < -0.4 is 5.32 Å². The lowest BCUT2D eigenvalue weighted by Gasteiger charge is -2.15. The van der Waals surface area contributed by atoms with Gasteiger partial charge in [-0.05, 0) is 24.6 Å². The van der Waals surface area contributed by atoms with Gasteiger partial charge >= 0.3 is 12.1 Å². The Kier molecular flexibility index (Phi) is 6.06. The Balaban J connectivity index is 2.27. The number of nitrogens with zero attached hydrogens (tertiary/aromatic N) is 1. The highest BCUT2D eigenvalue weighted by molar-refractivity contribution is 6.00. The summed E-state index contributed by atoms with van der Waals surface area (Å²) in [6.07, 6.45) is -2.15. The molecule has 0 radical (unpaired) electrons. The quantitative estimate of drug-likeness (QED) is 0.848. The number of amides is 2. The van der Waals surface area contributed by atoms with Gasteiger partial charge in [-0.25, -0.2) is 9.59 Å². The number of hydrogen-bond donors (Lipinski definition) is 1. The zero-order valence-electron chi connectivity index (χ0n) is 14.2. The highest BCUT2D eigenvalue weighted by Gasteiger charge is 2.23. The van der Waals surface area contributed by atoms with Crippen molar-refractivity contribution < 1.29 is 23.9 Å². The number of carbonyl (C=O) groups is 3. The predicted molar refractivity (Wildman–Crippen MR) is 92.0 cm³/mol. The molecule has 0 bridgehead atoms. The fourth-order valence-electron chi connectivity index (χ4n) is 2.24. The van der Waals surface area contributed by atoms with Gasteiger partial charge in [0, 0.05) is 5.56 Å². The molecular weight excluding hydrogens is 336 g/mol. The van der Waals surface area contributed by atoms with Gasteiger partial charge in [-0.1, -0.05) is 36.4 Å². The average Bonchev–Trinajstić information content (AvgIpc) is 2.67. The molecule has 0 unspecified atom stereocenters. The number of nitrogens with one attached hydrogen (secondary N) is 1. The molecule has 0 heterocycles. The lowest BCUT2D eigenvalue weighted by atomic mass is 9.96. The van der Waals surface area contributed by atoms with Crippen molar-refractivity contribution in [3.63, 3.8) is 0 Å². The smallest absolute Gasteiger partial charge is 0.413 e. The minimum absolute atomic E-state index is 0.202. The zero-order valence-corrected chi connectivity index (χ0v) is 14.2. The summed E-state index contributed by atoms with van der Waals surface area (Å²) >= 11 is 0. The van der Waals surface area contributed by atoms with Gasteiger partial charge in [-0.3, -0.25) is 10.1 Å². The number of alkyl carbamates (subject to hydrolysis) is 1. The van der Waals surface area contributed by atoms with Crippen LogP contribution in [0.4, 0.5) is 4.79 Å². The van der Waals surface area contributed by atoms with E-state index >= 15 is 0 Å². The molecule has 0 aromatic heterocycles. The number of ether oxygens (including phenoxy) is 2. The van der Waals surface area contributed by atoms with E-state index in [4.69, 9.17) is 4.74 Å². The van der Waals surface area contributed by atoms with Crippen LogP contribution in [0, 0.1) is 11.3 Å². The molecule has 0 spiro atoms. The Morgan fingerprint density at radius 1 is 1.04 bits per heavy atom. The normalized spacial score (nSPS) is 11.0. The number of imide groups is 1. The maximum atomic E-state index is 12.5. The largest absolute Gasteiger partial charge is 0.453 e. The fraction of sp³-hybridized carbons (Fsp3) is 0.158.